The lowest BCUT2D eigenvalue weighted by Gasteiger charge is -2.41. The Balaban J connectivity index is 1.52. The van der Waals surface area contributed by atoms with Gasteiger partial charge in [-0.25, -0.2) is 9.97 Å². The SMILES string of the molecule is Cc1cc(N2CC(Cn3ccnc3C)C2)n2nccc2n1. The van der Waals surface area contributed by atoms with Gasteiger partial charge >= 0.3 is 0 Å². The molecule has 0 aliphatic carbocycles. The molecule has 3 aromatic heterocycles. The highest BCUT2D eigenvalue weighted by atomic mass is 15.4. The van der Waals surface area contributed by atoms with Gasteiger partial charge in [0.05, 0.1) is 6.20 Å². The second kappa shape index (κ2) is 4.58. The molecular weight excluding hydrogens is 264 g/mol. The number of nitrogens with zero attached hydrogens (tertiary/aromatic N) is 6. The largest absolute Gasteiger partial charge is 0.356 e. The molecule has 1 aliphatic heterocycles. The molecule has 0 atom stereocenters. The second-order valence-electron chi connectivity index (χ2n) is 5.75. The molecule has 0 aromatic carbocycles. The molecule has 6 nitrogen and oxygen atoms in total. The van der Waals surface area contributed by atoms with Crippen LogP contribution in [-0.2, 0) is 6.54 Å². The molecule has 1 aliphatic rings. The maximum atomic E-state index is 4.49. The van der Waals surface area contributed by atoms with Crippen LogP contribution in [-0.4, -0.2) is 37.2 Å². The first kappa shape index (κ1) is 12.4. The zero-order valence-corrected chi connectivity index (χ0v) is 12.3. The van der Waals surface area contributed by atoms with Crippen molar-refractivity contribution in [2.75, 3.05) is 18.0 Å². The van der Waals surface area contributed by atoms with Gasteiger partial charge in [0.25, 0.3) is 0 Å². The van der Waals surface area contributed by atoms with Gasteiger partial charge in [-0.2, -0.15) is 9.61 Å². The summed E-state index contributed by atoms with van der Waals surface area (Å²) in [5.74, 6) is 2.89. The number of aryl methyl sites for hydroxylation is 2. The number of hydrogen-bond donors (Lipinski definition) is 0. The van der Waals surface area contributed by atoms with Crippen LogP contribution in [0.15, 0.2) is 30.7 Å². The van der Waals surface area contributed by atoms with Crippen LogP contribution in [0.5, 0.6) is 0 Å². The molecule has 4 rings (SSSR count). The fourth-order valence-corrected chi connectivity index (χ4v) is 2.99. The number of imidazole rings is 1. The molecule has 108 valence electrons. The zero-order chi connectivity index (χ0) is 14.4. The Morgan fingerprint density at radius 1 is 1.24 bits per heavy atom. The highest BCUT2D eigenvalue weighted by Gasteiger charge is 2.29. The van der Waals surface area contributed by atoms with Crippen molar-refractivity contribution in [2.24, 2.45) is 5.92 Å². The van der Waals surface area contributed by atoms with E-state index in [0.29, 0.717) is 5.92 Å². The first-order valence-corrected chi connectivity index (χ1v) is 7.25. The van der Waals surface area contributed by atoms with Crippen LogP contribution in [0.2, 0.25) is 0 Å². The molecule has 1 saturated heterocycles. The van der Waals surface area contributed by atoms with Gasteiger partial charge in [-0.05, 0) is 13.8 Å². The van der Waals surface area contributed by atoms with Gasteiger partial charge < -0.3 is 9.47 Å². The van der Waals surface area contributed by atoms with Gasteiger partial charge in [0, 0.05) is 55.8 Å². The van der Waals surface area contributed by atoms with Crippen LogP contribution in [0.4, 0.5) is 5.82 Å². The molecule has 0 N–H and O–H groups in total. The summed E-state index contributed by atoms with van der Waals surface area (Å²) in [6.45, 7) is 7.22. The van der Waals surface area contributed by atoms with Crippen molar-refractivity contribution in [1.82, 2.24) is 24.1 Å². The van der Waals surface area contributed by atoms with Crippen molar-refractivity contribution in [1.29, 1.82) is 0 Å². The van der Waals surface area contributed by atoms with Crippen molar-refractivity contribution >= 4 is 11.5 Å². The minimum atomic E-state index is 0.664. The summed E-state index contributed by atoms with van der Waals surface area (Å²) in [4.78, 5) is 11.1. The Morgan fingerprint density at radius 3 is 2.86 bits per heavy atom. The van der Waals surface area contributed by atoms with E-state index >= 15 is 0 Å². The summed E-state index contributed by atoms with van der Waals surface area (Å²) in [5.41, 5.74) is 1.95. The van der Waals surface area contributed by atoms with E-state index in [2.05, 4.69) is 43.7 Å². The van der Waals surface area contributed by atoms with Gasteiger partial charge in [0.1, 0.15) is 11.6 Å². The van der Waals surface area contributed by atoms with Crippen LogP contribution in [0.3, 0.4) is 0 Å². The average molecular weight is 282 g/mol. The fraction of sp³-hybridized carbons (Fsp3) is 0.400. The minimum Gasteiger partial charge on any atom is -0.356 e. The van der Waals surface area contributed by atoms with E-state index in [4.69, 9.17) is 0 Å². The lowest BCUT2D eigenvalue weighted by atomic mass is 10.00. The van der Waals surface area contributed by atoms with E-state index in [1.165, 1.54) is 0 Å². The number of rotatable bonds is 3. The topological polar surface area (TPSA) is 51.2 Å². The fourth-order valence-electron chi connectivity index (χ4n) is 2.99. The Bertz CT molecular complexity index is 780. The van der Waals surface area contributed by atoms with Gasteiger partial charge in [0.2, 0.25) is 0 Å². The van der Waals surface area contributed by atoms with Gasteiger partial charge in [0.15, 0.2) is 5.65 Å². The van der Waals surface area contributed by atoms with Crippen LogP contribution in [0.25, 0.3) is 5.65 Å². The summed E-state index contributed by atoms with van der Waals surface area (Å²) in [7, 11) is 0. The highest BCUT2D eigenvalue weighted by molar-refractivity contribution is 5.52. The van der Waals surface area contributed by atoms with E-state index in [9.17, 15) is 0 Å². The predicted octanol–water partition coefficient (Wildman–Crippen LogP) is 1.68. The van der Waals surface area contributed by atoms with E-state index in [-0.39, 0.29) is 0 Å². The summed E-state index contributed by atoms with van der Waals surface area (Å²) in [6, 6.07) is 4.06. The normalized spacial score (nSPS) is 15.6. The van der Waals surface area contributed by atoms with Crippen molar-refractivity contribution < 1.29 is 0 Å². The van der Waals surface area contributed by atoms with Gasteiger partial charge in [-0.15, -0.1) is 0 Å². The van der Waals surface area contributed by atoms with Crippen LogP contribution < -0.4 is 4.90 Å². The Hall–Kier alpha value is -2.37. The summed E-state index contributed by atoms with van der Waals surface area (Å²) < 4.78 is 4.15. The monoisotopic (exact) mass is 282 g/mol. The quantitative estimate of drug-likeness (QED) is 0.733. The standard InChI is InChI=1S/C15H18N6/c1-11-7-15(21-14(18-11)3-4-17-21)20-9-13(10-20)8-19-6-5-16-12(19)2/h3-7,13H,8-10H2,1-2H3. The Kier molecular flexibility index (Phi) is 2.70. The third-order valence-electron chi connectivity index (χ3n) is 4.13. The van der Waals surface area contributed by atoms with E-state index in [1.54, 1.807) is 6.20 Å². The zero-order valence-electron chi connectivity index (χ0n) is 12.3. The van der Waals surface area contributed by atoms with Crippen molar-refractivity contribution in [3.63, 3.8) is 0 Å². The van der Waals surface area contributed by atoms with Crippen molar-refractivity contribution in [2.45, 2.75) is 20.4 Å². The molecule has 0 saturated carbocycles. The van der Waals surface area contributed by atoms with Gasteiger partial charge in [-0.1, -0.05) is 0 Å². The molecule has 1 fully saturated rings. The van der Waals surface area contributed by atoms with Crippen LogP contribution in [0.1, 0.15) is 11.5 Å². The minimum absolute atomic E-state index is 0.664. The summed E-state index contributed by atoms with van der Waals surface area (Å²) in [5, 5.41) is 4.37. The second-order valence-corrected chi connectivity index (χ2v) is 5.75. The van der Waals surface area contributed by atoms with E-state index in [1.807, 2.05) is 23.7 Å². The molecule has 0 unspecified atom stereocenters. The molecule has 0 radical (unpaired) electrons. The smallest absolute Gasteiger partial charge is 0.157 e. The maximum absolute atomic E-state index is 4.49. The van der Waals surface area contributed by atoms with E-state index < -0.39 is 0 Å². The number of hydrogen-bond acceptors (Lipinski definition) is 4. The third kappa shape index (κ3) is 2.07. The molecule has 4 heterocycles. The van der Waals surface area contributed by atoms with Gasteiger partial charge in [-0.3, -0.25) is 0 Å². The van der Waals surface area contributed by atoms with Crippen LogP contribution >= 0.6 is 0 Å². The van der Waals surface area contributed by atoms with E-state index in [0.717, 1.165) is 42.6 Å². The lowest BCUT2D eigenvalue weighted by Crippen LogP contribution is -2.49. The molecule has 0 bridgehead atoms. The molecule has 3 aromatic rings. The number of fused-ring (bicyclic) bond motifs is 1. The predicted molar refractivity (Wildman–Crippen MR) is 80.4 cm³/mol. The Labute approximate surface area is 123 Å². The average Bonchev–Trinajstić information content (AvgIpc) is 3.01. The highest BCUT2D eigenvalue weighted by Crippen LogP contribution is 2.26. The first-order chi connectivity index (χ1) is 10.2. The van der Waals surface area contributed by atoms with Crippen molar-refractivity contribution in [3.8, 4) is 0 Å². The Morgan fingerprint density at radius 2 is 2.10 bits per heavy atom. The molecule has 21 heavy (non-hydrogen) atoms. The summed E-state index contributed by atoms with van der Waals surface area (Å²) >= 11 is 0. The summed E-state index contributed by atoms with van der Waals surface area (Å²) in [6.07, 6.45) is 5.73. The lowest BCUT2D eigenvalue weighted by molar-refractivity contribution is 0.350. The molecular formula is C15H18N6. The molecule has 0 amide bonds. The van der Waals surface area contributed by atoms with Crippen molar-refractivity contribution in [3.05, 3.63) is 42.2 Å². The first-order valence-electron chi connectivity index (χ1n) is 7.25. The molecule has 0 spiro atoms. The van der Waals surface area contributed by atoms with Crippen LogP contribution in [0, 0.1) is 19.8 Å². The number of aromatic nitrogens is 5. The third-order valence-corrected chi connectivity index (χ3v) is 4.13. The number of anilines is 1. The maximum Gasteiger partial charge on any atom is 0.157 e. The molecule has 6 heteroatoms.